The highest BCUT2D eigenvalue weighted by atomic mass is 16.1. The lowest BCUT2D eigenvalue weighted by Crippen LogP contribution is -2.57. The molecule has 32 heavy (non-hydrogen) atoms. The molecule has 9 atom stereocenters. The summed E-state index contributed by atoms with van der Waals surface area (Å²) >= 11 is 0. The van der Waals surface area contributed by atoms with Gasteiger partial charge in [0.1, 0.15) is 5.78 Å². The van der Waals surface area contributed by atoms with Gasteiger partial charge < -0.3 is 0 Å². The summed E-state index contributed by atoms with van der Waals surface area (Å²) in [5.74, 6) is 4.49. The van der Waals surface area contributed by atoms with Crippen LogP contribution in [0.4, 0.5) is 0 Å². The van der Waals surface area contributed by atoms with Gasteiger partial charge in [0.05, 0.1) is 0 Å². The molecule has 0 radical (unpaired) electrons. The Morgan fingerprint density at radius 3 is 2.25 bits per heavy atom. The second kappa shape index (κ2) is 6.97. The molecule has 0 aromatic carbocycles. The summed E-state index contributed by atoms with van der Waals surface area (Å²) in [5, 5.41) is 0. The molecule has 0 heterocycles. The molecular weight excluding hydrogens is 388 g/mol. The van der Waals surface area contributed by atoms with Crippen LogP contribution in [0, 0.1) is 56.7 Å². The summed E-state index contributed by atoms with van der Waals surface area (Å²) in [6.07, 6.45) is 14.7. The third-order valence-corrected chi connectivity index (χ3v) is 13.5. The zero-order valence-corrected chi connectivity index (χ0v) is 22.3. The lowest BCUT2D eigenvalue weighted by Gasteiger charge is -2.62. The molecule has 0 unspecified atom stereocenters. The fourth-order valence-electron chi connectivity index (χ4n) is 11.1. The molecule has 0 aliphatic heterocycles. The van der Waals surface area contributed by atoms with E-state index in [-0.39, 0.29) is 5.41 Å². The predicted octanol–water partition coefficient (Wildman–Crippen LogP) is 8.62. The molecule has 5 fully saturated rings. The van der Waals surface area contributed by atoms with Crippen LogP contribution < -0.4 is 0 Å². The van der Waals surface area contributed by atoms with E-state index in [2.05, 4.69) is 55.0 Å². The molecule has 0 N–H and O–H groups in total. The Bertz CT molecular complexity index is 822. The van der Waals surface area contributed by atoms with Crippen molar-refractivity contribution in [3.8, 4) is 0 Å². The number of carbonyl (C=O) groups is 1. The molecule has 1 heteroatoms. The van der Waals surface area contributed by atoms with Crippen molar-refractivity contribution in [3.05, 3.63) is 12.2 Å². The zero-order valence-electron chi connectivity index (χ0n) is 22.3. The zero-order chi connectivity index (χ0) is 23.3. The Morgan fingerprint density at radius 1 is 0.906 bits per heavy atom. The van der Waals surface area contributed by atoms with Gasteiger partial charge in [-0.2, -0.15) is 0 Å². The van der Waals surface area contributed by atoms with Gasteiger partial charge in [-0.3, -0.25) is 4.79 Å². The Morgan fingerprint density at radius 2 is 1.56 bits per heavy atom. The minimum absolute atomic E-state index is 0.0823. The minimum Gasteiger partial charge on any atom is -0.299 e. The highest BCUT2D eigenvalue weighted by Gasteiger charge is 2.82. The fraction of sp³-hybridized carbons (Fsp3) is 0.903. The second-order valence-corrected chi connectivity index (χ2v) is 14.6. The molecule has 2 spiro atoms. The molecule has 5 saturated carbocycles. The second-order valence-electron chi connectivity index (χ2n) is 14.6. The summed E-state index contributed by atoms with van der Waals surface area (Å²) in [6, 6.07) is 0. The SMILES string of the molecule is C=C(C)[C@@H](C)CC[C@@H](C)[C@@H]1CC[C@@]2(C)[C@@H]3CC[C@H]4C(C)(C)C(=O)CC[C@]45C[C@]35CC[C@]12C. The van der Waals surface area contributed by atoms with Gasteiger partial charge in [0.25, 0.3) is 0 Å². The van der Waals surface area contributed by atoms with Crippen LogP contribution in [0.15, 0.2) is 12.2 Å². The number of allylic oxidation sites excluding steroid dienone is 1. The number of rotatable bonds is 5. The molecule has 0 bridgehead atoms. The van der Waals surface area contributed by atoms with E-state index < -0.39 is 0 Å². The fourth-order valence-corrected chi connectivity index (χ4v) is 11.1. The highest BCUT2D eigenvalue weighted by molar-refractivity contribution is 5.86. The first-order valence-electron chi connectivity index (χ1n) is 14.0. The van der Waals surface area contributed by atoms with Crippen LogP contribution in [-0.2, 0) is 4.79 Å². The maximum absolute atomic E-state index is 12.8. The summed E-state index contributed by atoms with van der Waals surface area (Å²) in [5.41, 5.74) is 3.37. The minimum atomic E-state index is -0.0823. The number of fused-ring (bicyclic) bond motifs is 2. The van der Waals surface area contributed by atoms with Gasteiger partial charge in [-0.1, -0.05) is 53.7 Å². The molecule has 0 saturated heterocycles. The number of hydrogen-bond donors (Lipinski definition) is 0. The third kappa shape index (κ3) is 2.66. The molecule has 1 nitrogen and oxygen atoms in total. The number of ketones is 1. The molecule has 0 aromatic rings. The van der Waals surface area contributed by atoms with E-state index in [0.717, 1.165) is 24.2 Å². The molecule has 180 valence electrons. The van der Waals surface area contributed by atoms with Gasteiger partial charge in [-0.05, 0) is 122 Å². The first-order chi connectivity index (χ1) is 14.9. The van der Waals surface area contributed by atoms with Crippen LogP contribution >= 0.6 is 0 Å². The molecule has 5 rings (SSSR count). The van der Waals surface area contributed by atoms with Gasteiger partial charge in [0.15, 0.2) is 0 Å². The summed E-state index contributed by atoms with van der Waals surface area (Å²) in [6.45, 7) is 21.4. The van der Waals surface area contributed by atoms with Crippen molar-refractivity contribution < 1.29 is 4.79 Å². The van der Waals surface area contributed by atoms with Crippen molar-refractivity contribution in [2.45, 2.75) is 119 Å². The van der Waals surface area contributed by atoms with Crippen LogP contribution in [0.3, 0.4) is 0 Å². The molecule has 5 aliphatic carbocycles. The summed E-state index contributed by atoms with van der Waals surface area (Å²) < 4.78 is 0. The number of carbonyl (C=O) groups excluding carboxylic acids is 1. The van der Waals surface area contributed by atoms with Crippen LogP contribution in [-0.4, -0.2) is 5.78 Å². The molecule has 5 aliphatic rings. The standard InChI is InChI=1S/C31H50O/c1-20(2)21(3)9-10-22(4)23-13-15-29(8)25-12-11-24-27(5,6)26(32)14-16-30(24)19-31(25,30)18-17-28(23,29)7/h21-25H,1,9-19H2,2-8H3/t21-,22+,23-,24-,25-,28+,29-,30-,31+/m0/s1. The maximum atomic E-state index is 12.8. The topological polar surface area (TPSA) is 17.1 Å². The van der Waals surface area contributed by atoms with Crippen molar-refractivity contribution in [2.75, 3.05) is 0 Å². The van der Waals surface area contributed by atoms with Crippen LogP contribution in [0.5, 0.6) is 0 Å². The Kier molecular flexibility index (Phi) is 5.05. The van der Waals surface area contributed by atoms with Gasteiger partial charge in [-0.15, -0.1) is 0 Å². The third-order valence-electron chi connectivity index (χ3n) is 13.5. The van der Waals surface area contributed by atoms with Crippen molar-refractivity contribution in [2.24, 2.45) is 56.7 Å². The van der Waals surface area contributed by atoms with Gasteiger partial charge in [0, 0.05) is 11.8 Å². The van der Waals surface area contributed by atoms with Crippen LogP contribution in [0.1, 0.15) is 119 Å². The van der Waals surface area contributed by atoms with E-state index in [9.17, 15) is 4.79 Å². The van der Waals surface area contributed by atoms with Crippen molar-refractivity contribution in [1.82, 2.24) is 0 Å². The van der Waals surface area contributed by atoms with E-state index in [4.69, 9.17) is 0 Å². The first-order valence-corrected chi connectivity index (χ1v) is 14.0. The lowest BCUT2D eigenvalue weighted by molar-refractivity contribution is -0.157. The van der Waals surface area contributed by atoms with Crippen LogP contribution in [0.25, 0.3) is 0 Å². The highest BCUT2D eigenvalue weighted by Crippen LogP contribution is 2.88. The molecular formula is C31H50O. The first kappa shape index (κ1) is 23.2. The average molecular weight is 439 g/mol. The summed E-state index contributed by atoms with van der Waals surface area (Å²) in [7, 11) is 0. The average Bonchev–Trinajstić information content (AvgIpc) is 3.31. The van der Waals surface area contributed by atoms with Crippen molar-refractivity contribution in [1.29, 1.82) is 0 Å². The van der Waals surface area contributed by atoms with E-state index >= 15 is 0 Å². The van der Waals surface area contributed by atoms with Gasteiger partial charge in [0.2, 0.25) is 0 Å². The summed E-state index contributed by atoms with van der Waals surface area (Å²) in [4.78, 5) is 12.8. The van der Waals surface area contributed by atoms with E-state index in [1.807, 2.05) is 0 Å². The maximum Gasteiger partial charge on any atom is 0.138 e. The van der Waals surface area contributed by atoms with Crippen molar-refractivity contribution in [3.63, 3.8) is 0 Å². The number of Topliss-reactive ketones (excluding diaryl/α,β-unsaturated/α-hetero) is 1. The van der Waals surface area contributed by atoms with Crippen molar-refractivity contribution >= 4 is 5.78 Å². The van der Waals surface area contributed by atoms with Crippen LogP contribution in [0.2, 0.25) is 0 Å². The predicted molar refractivity (Wildman–Crippen MR) is 134 cm³/mol. The monoisotopic (exact) mass is 438 g/mol. The molecule has 0 amide bonds. The Balaban J connectivity index is 1.39. The van der Waals surface area contributed by atoms with Gasteiger partial charge >= 0.3 is 0 Å². The van der Waals surface area contributed by atoms with E-state index in [1.165, 1.54) is 69.8 Å². The Hall–Kier alpha value is -0.590. The smallest absolute Gasteiger partial charge is 0.138 e. The Labute approximate surface area is 198 Å². The van der Waals surface area contributed by atoms with Gasteiger partial charge in [-0.25, -0.2) is 0 Å². The lowest BCUT2D eigenvalue weighted by atomic mass is 9.42. The quantitative estimate of drug-likeness (QED) is 0.393. The van der Waals surface area contributed by atoms with E-state index in [0.29, 0.717) is 39.3 Å². The van der Waals surface area contributed by atoms with E-state index in [1.54, 1.807) is 0 Å². The number of hydrogen-bond acceptors (Lipinski definition) is 1. The molecule has 0 aromatic heterocycles. The largest absolute Gasteiger partial charge is 0.299 e. The normalized spacial score (nSPS) is 50.5.